The molecule has 1 aliphatic rings. The molecule has 0 aliphatic carbocycles. The van der Waals surface area contributed by atoms with Gasteiger partial charge in [0.1, 0.15) is 0 Å². The molecule has 33 heavy (non-hydrogen) atoms. The van der Waals surface area contributed by atoms with Gasteiger partial charge in [0.25, 0.3) is 0 Å². The molecule has 0 radical (unpaired) electrons. The second kappa shape index (κ2) is 10.0. The average Bonchev–Trinajstić information content (AvgIpc) is 2.81. The molecule has 0 spiro atoms. The van der Waals surface area contributed by atoms with Crippen LogP contribution in [-0.2, 0) is 6.54 Å². The van der Waals surface area contributed by atoms with Gasteiger partial charge < -0.3 is 10.2 Å². The number of pyridine rings is 1. The molecule has 0 unspecified atom stereocenters. The zero-order chi connectivity index (χ0) is 22.8. The Kier molecular flexibility index (Phi) is 6.88. The van der Waals surface area contributed by atoms with Crippen molar-refractivity contribution in [3.63, 3.8) is 0 Å². The number of aromatic nitrogens is 1. The molecular formula is C26H23Br2ClN4. The van der Waals surface area contributed by atoms with Crippen LogP contribution in [0.1, 0.15) is 5.56 Å². The van der Waals surface area contributed by atoms with Crippen LogP contribution in [-0.4, -0.2) is 36.1 Å². The number of fused-ring (bicyclic) bond motifs is 1. The minimum atomic E-state index is 0.696. The maximum absolute atomic E-state index is 6.11. The second-order valence-corrected chi connectivity index (χ2v) is 10.4. The van der Waals surface area contributed by atoms with Crippen LogP contribution in [0.15, 0.2) is 81.9 Å². The highest BCUT2D eigenvalue weighted by molar-refractivity contribution is 9.11. The second-order valence-electron chi connectivity index (χ2n) is 8.20. The molecule has 5 rings (SSSR count). The smallest absolute Gasteiger partial charge is 0.0737 e. The normalized spacial score (nSPS) is 14.6. The molecule has 4 aromatic rings. The summed E-state index contributed by atoms with van der Waals surface area (Å²) in [7, 11) is 0. The first-order valence-electron chi connectivity index (χ1n) is 10.9. The highest BCUT2D eigenvalue weighted by atomic mass is 79.9. The molecule has 1 N–H and O–H groups in total. The lowest BCUT2D eigenvalue weighted by Gasteiger charge is -2.36. The number of rotatable bonds is 5. The van der Waals surface area contributed by atoms with E-state index in [4.69, 9.17) is 11.6 Å². The van der Waals surface area contributed by atoms with Crippen LogP contribution in [0.25, 0.3) is 10.9 Å². The van der Waals surface area contributed by atoms with Crippen molar-refractivity contribution in [1.82, 2.24) is 9.88 Å². The van der Waals surface area contributed by atoms with Crippen LogP contribution >= 0.6 is 43.5 Å². The van der Waals surface area contributed by atoms with E-state index >= 15 is 0 Å². The van der Waals surface area contributed by atoms with Crippen LogP contribution in [0.4, 0.5) is 17.1 Å². The molecule has 0 saturated carbocycles. The molecule has 1 aromatic heterocycles. The lowest BCUT2D eigenvalue weighted by molar-refractivity contribution is 0.250. The Labute approximate surface area is 215 Å². The molecule has 1 aliphatic heterocycles. The number of nitrogens with one attached hydrogen (secondary N) is 1. The Morgan fingerprint density at radius 2 is 1.67 bits per heavy atom. The van der Waals surface area contributed by atoms with Crippen LogP contribution < -0.4 is 10.2 Å². The minimum Gasteiger partial charge on any atom is -0.368 e. The van der Waals surface area contributed by atoms with Crippen molar-refractivity contribution < 1.29 is 0 Å². The topological polar surface area (TPSA) is 31.4 Å². The van der Waals surface area contributed by atoms with Crippen molar-refractivity contribution in [1.29, 1.82) is 0 Å². The first-order chi connectivity index (χ1) is 16.0. The van der Waals surface area contributed by atoms with Crippen molar-refractivity contribution in [3.8, 4) is 0 Å². The number of hydrogen-bond acceptors (Lipinski definition) is 4. The largest absolute Gasteiger partial charge is 0.368 e. The van der Waals surface area contributed by atoms with Gasteiger partial charge in [-0.1, -0.05) is 39.7 Å². The third-order valence-corrected chi connectivity index (χ3v) is 7.33. The van der Waals surface area contributed by atoms with Crippen molar-refractivity contribution in [2.24, 2.45) is 0 Å². The van der Waals surface area contributed by atoms with E-state index in [0.29, 0.717) is 5.02 Å². The summed E-state index contributed by atoms with van der Waals surface area (Å²) in [6.07, 6.45) is 1.81. The van der Waals surface area contributed by atoms with Gasteiger partial charge in [-0.25, -0.2) is 0 Å². The quantitative estimate of drug-likeness (QED) is 0.263. The fraction of sp³-hybridized carbons (Fsp3) is 0.192. The summed E-state index contributed by atoms with van der Waals surface area (Å²) < 4.78 is 2.23. The molecular weight excluding hydrogens is 564 g/mol. The van der Waals surface area contributed by atoms with Crippen LogP contribution in [0.3, 0.4) is 0 Å². The van der Waals surface area contributed by atoms with E-state index in [2.05, 4.69) is 94.4 Å². The Hall–Kier alpha value is -2.12. The molecule has 168 valence electrons. The van der Waals surface area contributed by atoms with E-state index in [1.54, 1.807) is 0 Å². The van der Waals surface area contributed by atoms with Crippen molar-refractivity contribution >= 4 is 71.4 Å². The van der Waals surface area contributed by atoms with E-state index in [1.165, 1.54) is 11.3 Å². The zero-order valence-electron chi connectivity index (χ0n) is 17.9. The Bertz CT molecular complexity index is 1270. The predicted octanol–water partition coefficient (Wildman–Crippen LogP) is 7.48. The number of halogens is 3. The van der Waals surface area contributed by atoms with Gasteiger partial charge in [0.15, 0.2) is 0 Å². The van der Waals surface area contributed by atoms with Gasteiger partial charge in [-0.2, -0.15) is 0 Å². The lowest BCUT2D eigenvalue weighted by Crippen LogP contribution is -2.46. The third kappa shape index (κ3) is 5.35. The van der Waals surface area contributed by atoms with Gasteiger partial charge in [0, 0.05) is 69.6 Å². The molecule has 1 saturated heterocycles. The molecule has 0 bridgehead atoms. The van der Waals surface area contributed by atoms with E-state index in [1.807, 2.05) is 30.5 Å². The molecule has 0 atom stereocenters. The number of anilines is 3. The van der Waals surface area contributed by atoms with Crippen molar-refractivity contribution in [3.05, 3.63) is 92.5 Å². The van der Waals surface area contributed by atoms with Crippen LogP contribution in [0.2, 0.25) is 5.02 Å². The summed E-state index contributed by atoms with van der Waals surface area (Å²) in [5, 5.41) is 5.27. The first kappa shape index (κ1) is 22.7. The Morgan fingerprint density at radius 1 is 0.879 bits per heavy atom. The number of nitrogens with zero attached hydrogens (tertiary/aromatic N) is 3. The average molecular weight is 587 g/mol. The summed E-state index contributed by atoms with van der Waals surface area (Å²) in [5.41, 5.74) is 5.56. The lowest BCUT2D eigenvalue weighted by atomic mass is 10.1. The Morgan fingerprint density at radius 3 is 2.42 bits per heavy atom. The van der Waals surface area contributed by atoms with Gasteiger partial charge in [0.05, 0.1) is 11.2 Å². The summed E-state index contributed by atoms with van der Waals surface area (Å²) in [4.78, 5) is 9.39. The molecule has 0 amide bonds. The SMILES string of the molecule is Clc1ccc2c(Nc3ccc(CN4CCN(c5ccc(Br)cc5Br)CC4)cc3)ccnc2c1. The zero-order valence-corrected chi connectivity index (χ0v) is 21.9. The highest BCUT2D eigenvalue weighted by Gasteiger charge is 2.19. The number of piperazine rings is 1. The molecule has 3 aromatic carbocycles. The van der Waals surface area contributed by atoms with E-state index < -0.39 is 0 Å². The van der Waals surface area contributed by atoms with Gasteiger partial charge in [-0.05, 0) is 76.1 Å². The number of hydrogen-bond donors (Lipinski definition) is 1. The van der Waals surface area contributed by atoms with Crippen LogP contribution in [0.5, 0.6) is 0 Å². The maximum Gasteiger partial charge on any atom is 0.0737 e. The summed E-state index contributed by atoms with van der Waals surface area (Å²) in [5.74, 6) is 0. The standard InChI is InChI=1S/C26H23Br2ClN4/c27-19-3-8-26(23(28)15-19)33-13-11-32(12-14-33)17-18-1-5-21(6-2-18)31-24-9-10-30-25-16-20(29)4-7-22(24)25/h1-10,15-16H,11-14,17H2,(H,30,31). The minimum absolute atomic E-state index is 0.696. The van der Waals surface area contributed by atoms with Gasteiger partial charge in [-0.15, -0.1) is 0 Å². The van der Waals surface area contributed by atoms with Crippen molar-refractivity contribution in [2.75, 3.05) is 36.4 Å². The van der Waals surface area contributed by atoms with Gasteiger partial charge in [0.2, 0.25) is 0 Å². The molecule has 4 nitrogen and oxygen atoms in total. The fourth-order valence-electron chi connectivity index (χ4n) is 4.22. The fourth-order valence-corrected chi connectivity index (χ4v) is 5.69. The number of benzene rings is 3. The van der Waals surface area contributed by atoms with Gasteiger partial charge in [-0.3, -0.25) is 9.88 Å². The van der Waals surface area contributed by atoms with Crippen molar-refractivity contribution in [2.45, 2.75) is 6.54 Å². The van der Waals surface area contributed by atoms with E-state index in [-0.39, 0.29) is 0 Å². The molecule has 7 heteroatoms. The highest BCUT2D eigenvalue weighted by Crippen LogP contribution is 2.30. The van der Waals surface area contributed by atoms with Gasteiger partial charge >= 0.3 is 0 Å². The van der Waals surface area contributed by atoms with E-state index in [9.17, 15) is 0 Å². The third-order valence-electron chi connectivity index (χ3n) is 5.97. The Balaban J connectivity index is 1.20. The van der Waals surface area contributed by atoms with Crippen LogP contribution in [0, 0.1) is 0 Å². The summed E-state index contributed by atoms with van der Waals surface area (Å²) in [6, 6.07) is 22.9. The van der Waals surface area contributed by atoms with E-state index in [0.717, 1.165) is 63.9 Å². The molecule has 1 fully saturated rings. The summed E-state index contributed by atoms with van der Waals surface area (Å²) >= 11 is 13.3. The summed E-state index contributed by atoms with van der Waals surface area (Å²) in [6.45, 7) is 5.12. The molecule has 2 heterocycles. The predicted molar refractivity (Wildman–Crippen MR) is 146 cm³/mol. The first-order valence-corrected chi connectivity index (χ1v) is 12.8. The monoisotopic (exact) mass is 584 g/mol. The maximum atomic E-state index is 6.11.